The van der Waals surface area contributed by atoms with Crippen LogP contribution >= 0.6 is 11.6 Å². The third-order valence-electron chi connectivity index (χ3n) is 3.81. The highest BCUT2D eigenvalue weighted by Gasteiger charge is 2.22. The highest BCUT2D eigenvalue weighted by Crippen LogP contribution is 2.37. The van der Waals surface area contributed by atoms with Crippen LogP contribution in [0.15, 0.2) is 30.4 Å². The maximum Gasteiger partial charge on any atom is 0.341 e. The number of allylic oxidation sites excluding steroid dienone is 1. The van der Waals surface area contributed by atoms with Crippen LogP contribution in [0.25, 0.3) is 0 Å². The van der Waals surface area contributed by atoms with E-state index in [0.29, 0.717) is 12.1 Å². The van der Waals surface area contributed by atoms with Gasteiger partial charge in [-0.2, -0.15) is 0 Å². The Hall–Kier alpha value is -3.20. The molecule has 0 spiro atoms. The van der Waals surface area contributed by atoms with E-state index in [1.807, 2.05) is 0 Å². The minimum atomic E-state index is -1.39. The highest BCUT2D eigenvalue weighted by atomic mass is 35.5. The molecule has 2 aromatic carbocycles. The lowest BCUT2D eigenvalue weighted by Gasteiger charge is -2.12. The Labute approximate surface area is 168 Å². The van der Waals surface area contributed by atoms with Gasteiger partial charge in [-0.3, -0.25) is 4.79 Å². The molecule has 0 aromatic heterocycles. The lowest BCUT2D eigenvalue weighted by atomic mass is 10.0. The number of phenols is 2. The summed E-state index contributed by atoms with van der Waals surface area (Å²) >= 11 is 5.99. The molecular weight excluding hydrogens is 415 g/mol. The summed E-state index contributed by atoms with van der Waals surface area (Å²) < 4.78 is 44.1. The molecule has 0 bridgehead atoms. The Kier molecular flexibility index (Phi) is 7.11. The second-order valence-electron chi connectivity index (χ2n) is 5.75. The predicted molar refractivity (Wildman–Crippen MR) is 98.5 cm³/mol. The number of hydrogen-bond donors (Lipinski definition) is 3. The molecule has 0 heterocycles. The van der Waals surface area contributed by atoms with E-state index in [9.17, 15) is 33.0 Å². The highest BCUT2D eigenvalue weighted by molar-refractivity contribution is 6.33. The van der Waals surface area contributed by atoms with Crippen molar-refractivity contribution in [2.45, 2.75) is 12.8 Å². The summed E-state index contributed by atoms with van der Waals surface area (Å²) in [5.41, 5.74) is -0.655. The Morgan fingerprint density at radius 3 is 2.41 bits per heavy atom. The topological polar surface area (TPSA) is 95.9 Å². The van der Waals surface area contributed by atoms with E-state index in [2.05, 4.69) is 10.1 Å². The maximum atomic E-state index is 13.5. The number of anilines is 1. The zero-order valence-electron chi connectivity index (χ0n) is 14.9. The van der Waals surface area contributed by atoms with Gasteiger partial charge in [-0.25, -0.2) is 18.0 Å². The van der Waals surface area contributed by atoms with Crippen LogP contribution in [0.4, 0.5) is 18.9 Å². The van der Waals surface area contributed by atoms with Gasteiger partial charge in [0.1, 0.15) is 22.9 Å². The lowest BCUT2D eigenvalue weighted by molar-refractivity contribution is -0.111. The SMILES string of the molecule is COC(=O)c1c(O)cc(O)c(Cl)c1CC/C=C/C(=O)Nc1cc(F)c(F)cc1F. The van der Waals surface area contributed by atoms with Crippen LogP contribution < -0.4 is 5.32 Å². The number of nitrogens with one attached hydrogen (secondary N) is 1. The largest absolute Gasteiger partial charge is 0.507 e. The number of aromatic hydroxyl groups is 2. The summed E-state index contributed by atoms with van der Waals surface area (Å²) in [6, 6.07) is 1.71. The Morgan fingerprint density at radius 1 is 1.10 bits per heavy atom. The molecular formula is C19H15ClF3NO5. The molecule has 0 atom stereocenters. The number of carbonyl (C=O) groups excluding carboxylic acids is 2. The van der Waals surface area contributed by atoms with Gasteiger partial charge >= 0.3 is 5.97 Å². The molecule has 0 radical (unpaired) electrons. The van der Waals surface area contributed by atoms with Crippen LogP contribution in [0.3, 0.4) is 0 Å². The molecule has 154 valence electrons. The van der Waals surface area contributed by atoms with E-state index in [0.717, 1.165) is 19.3 Å². The molecule has 2 aromatic rings. The van der Waals surface area contributed by atoms with Crippen LogP contribution in [0, 0.1) is 17.5 Å². The molecule has 0 aliphatic carbocycles. The van der Waals surface area contributed by atoms with Gasteiger partial charge in [-0.1, -0.05) is 17.7 Å². The Balaban J connectivity index is 2.10. The van der Waals surface area contributed by atoms with Gasteiger partial charge < -0.3 is 20.3 Å². The third kappa shape index (κ3) is 5.20. The number of halogens is 4. The van der Waals surface area contributed by atoms with Crippen LogP contribution in [0.1, 0.15) is 22.3 Å². The van der Waals surface area contributed by atoms with Crippen molar-refractivity contribution < 1.29 is 37.7 Å². The van der Waals surface area contributed by atoms with Crippen LogP contribution in [-0.4, -0.2) is 29.2 Å². The summed E-state index contributed by atoms with van der Waals surface area (Å²) in [5, 5.41) is 21.5. The summed E-state index contributed by atoms with van der Waals surface area (Å²) in [7, 11) is 1.11. The zero-order valence-corrected chi connectivity index (χ0v) is 15.7. The van der Waals surface area contributed by atoms with Gasteiger partial charge in [0.2, 0.25) is 5.91 Å². The van der Waals surface area contributed by atoms with Crippen LogP contribution in [0.2, 0.25) is 5.02 Å². The Morgan fingerprint density at radius 2 is 1.76 bits per heavy atom. The number of amides is 1. The molecule has 0 aliphatic rings. The fourth-order valence-corrected chi connectivity index (χ4v) is 2.70. The van der Waals surface area contributed by atoms with Gasteiger partial charge in [0.25, 0.3) is 0 Å². The number of rotatable bonds is 6. The third-order valence-corrected chi connectivity index (χ3v) is 4.23. The van der Waals surface area contributed by atoms with Gasteiger partial charge in [0.05, 0.1) is 17.8 Å². The summed E-state index contributed by atoms with van der Waals surface area (Å²) in [6.45, 7) is 0. The first-order valence-electron chi connectivity index (χ1n) is 8.09. The van der Waals surface area contributed by atoms with Crippen molar-refractivity contribution in [2.75, 3.05) is 12.4 Å². The van der Waals surface area contributed by atoms with Crippen molar-refractivity contribution in [3.05, 3.63) is 64.0 Å². The predicted octanol–water partition coefficient (Wildman–Crippen LogP) is 4.08. The molecule has 0 fully saturated rings. The first-order chi connectivity index (χ1) is 13.6. The van der Waals surface area contributed by atoms with Crippen LogP contribution in [-0.2, 0) is 16.0 Å². The first-order valence-corrected chi connectivity index (χ1v) is 8.47. The van der Waals surface area contributed by atoms with E-state index in [-0.39, 0.29) is 29.0 Å². The van der Waals surface area contributed by atoms with Crippen molar-refractivity contribution in [2.24, 2.45) is 0 Å². The van der Waals surface area contributed by atoms with Gasteiger partial charge in [-0.05, 0) is 24.5 Å². The maximum absolute atomic E-state index is 13.5. The monoisotopic (exact) mass is 429 g/mol. The number of phenolic OH excluding ortho intramolecular Hbond substituents is 2. The Bertz CT molecular complexity index is 995. The van der Waals surface area contributed by atoms with Crippen molar-refractivity contribution in [1.82, 2.24) is 0 Å². The standard InChI is InChI=1S/C19H15ClF3NO5/c1-29-19(28)17-9(18(20)15(26)8-14(17)25)4-2-3-5-16(27)24-13-7-11(22)10(21)6-12(13)23/h3,5-8,25-26H,2,4H2,1H3,(H,24,27)/b5-3+. The fraction of sp³-hybridized carbons (Fsp3) is 0.158. The molecule has 0 unspecified atom stereocenters. The minimum absolute atomic E-state index is 0.0363. The van der Waals surface area contributed by atoms with Crippen molar-refractivity contribution in [3.63, 3.8) is 0 Å². The summed E-state index contributed by atoms with van der Waals surface area (Å²) in [6.07, 6.45) is 2.51. The molecule has 0 saturated carbocycles. The average molecular weight is 430 g/mol. The average Bonchev–Trinajstić information content (AvgIpc) is 2.66. The molecule has 3 N–H and O–H groups in total. The molecule has 2 rings (SSSR count). The van der Waals surface area contributed by atoms with Crippen molar-refractivity contribution in [3.8, 4) is 11.5 Å². The number of hydrogen-bond acceptors (Lipinski definition) is 5. The van der Waals surface area contributed by atoms with E-state index in [1.54, 1.807) is 0 Å². The van der Waals surface area contributed by atoms with Gasteiger partial charge in [0.15, 0.2) is 11.6 Å². The zero-order chi connectivity index (χ0) is 21.7. The van der Waals surface area contributed by atoms with Crippen LogP contribution in [0.5, 0.6) is 11.5 Å². The number of carbonyl (C=O) groups is 2. The normalized spacial score (nSPS) is 10.9. The van der Waals surface area contributed by atoms with Crippen molar-refractivity contribution in [1.29, 1.82) is 0 Å². The number of esters is 1. The van der Waals surface area contributed by atoms with E-state index in [4.69, 9.17) is 11.6 Å². The number of benzene rings is 2. The molecule has 29 heavy (non-hydrogen) atoms. The lowest BCUT2D eigenvalue weighted by Crippen LogP contribution is -2.10. The summed E-state index contributed by atoms with van der Waals surface area (Å²) in [4.78, 5) is 23.7. The molecule has 10 heteroatoms. The van der Waals surface area contributed by atoms with Crippen molar-refractivity contribution >= 4 is 29.2 Å². The number of methoxy groups -OCH3 is 1. The minimum Gasteiger partial charge on any atom is -0.507 e. The second-order valence-corrected chi connectivity index (χ2v) is 6.13. The van der Waals surface area contributed by atoms with Gasteiger partial charge in [0, 0.05) is 18.2 Å². The molecule has 0 aliphatic heterocycles. The second kappa shape index (κ2) is 9.33. The smallest absolute Gasteiger partial charge is 0.341 e. The van der Waals surface area contributed by atoms with Gasteiger partial charge in [-0.15, -0.1) is 0 Å². The molecule has 0 saturated heterocycles. The first kappa shape index (κ1) is 22.1. The fourth-order valence-electron chi connectivity index (χ4n) is 2.46. The summed E-state index contributed by atoms with van der Waals surface area (Å²) in [5.74, 6) is -6.49. The van der Waals surface area contributed by atoms with E-state index < -0.39 is 46.5 Å². The number of ether oxygens (including phenoxy) is 1. The molecule has 1 amide bonds. The van der Waals surface area contributed by atoms with E-state index in [1.165, 1.54) is 6.08 Å². The van der Waals surface area contributed by atoms with E-state index >= 15 is 0 Å². The quantitative estimate of drug-likeness (QED) is 0.365. The molecule has 6 nitrogen and oxygen atoms in total.